The van der Waals surface area contributed by atoms with Gasteiger partial charge in [0.2, 0.25) is 0 Å². The number of nitrogens with zero attached hydrogens (tertiary/aromatic N) is 1. The third kappa shape index (κ3) is 5.99. The molecule has 0 aliphatic carbocycles. The molecule has 6 heteroatoms. The largest absolute Gasteiger partial charge is 0.322 e. The molecule has 160 valence electrons. The molecule has 0 unspecified atom stereocenters. The van der Waals surface area contributed by atoms with Gasteiger partial charge in [-0.3, -0.25) is 9.59 Å². The quantitative estimate of drug-likeness (QED) is 0.581. The van der Waals surface area contributed by atoms with Crippen molar-refractivity contribution in [2.75, 3.05) is 31.3 Å². The lowest BCUT2D eigenvalue weighted by Gasteiger charge is -2.12. The van der Waals surface area contributed by atoms with Crippen molar-refractivity contribution in [3.63, 3.8) is 0 Å². The number of likely N-dealkylation sites (N-methyl/N-ethyl adjacent to an activating group) is 1. The topological polar surface area (TPSA) is 61.4 Å². The number of carbonyl (C=O) groups excluding carboxylic acids is 2. The first-order chi connectivity index (χ1) is 14.8. The number of anilines is 2. The first-order valence-electron chi connectivity index (χ1n) is 10.0. The van der Waals surface area contributed by atoms with Crippen LogP contribution < -0.4 is 10.6 Å². The summed E-state index contributed by atoms with van der Waals surface area (Å²) in [6.45, 7) is 2.77. The summed E-state index contributed by atoms with van der Waals surface area (Å²) < 4.78 is 13.9. The summed E-state index contributed by atoms with van der Waals surface area (Å²) in [6, 6.07) is 18.5. The number of carbonyl (C=O) groups is 2. The Hall–Kier alpha value is -3.51. The standard InChI is InChI=1S/C25H26FN3O2/c1-17-8-11-19(16-23(17)28-25(31)21-6-4-5-7-22(21)26)24(30)27-20-12-9-18(10-13-20)14-15-29(2)3/h4-13,16H,14-15H2,1-3H3,(H,27,30)(H,28,31). The maximum atomic E-state index is 13.9. The summed E-state index contributed by atoms with van der Waals surface area (Å²) in [5.74, 6) is -1.45. The van der Waals surface area contributed by atoms with E-state index in [4.69, 9.17) is 0 Å². The molecule has 0 heterocycles. The third-order valence-electron chi connectivity index (χ3n) is 4.93. The molecule has 3 aromatic carbocycles. The van der Waals surface area contributed by atoms with Crippen LogP contribution in [0.1, 0.15) is 31.8 Å². The van der Waals surface area contributed by atoms with Gasteiger partial charge in [-0.15, -0.1) is 0 Å². The van der Waals surface area contributed by atoms with E-state index in [1.807, 2.05) is 45.3 Å². The van der Waals surface area contributed by atoms with Crippen molar-refractivity contribution in [3.8, 4) is 0 Å². The Morgan fingerprint density at radius 2 is 1.61 bits per heavy atom. The summed E-state index contributed by atoms with van der Waals surface area (Å²) in [4.78, 5) is 27.2. The highest BCUT2D eigenvalue weighted by Crippen LogP contribution is 2.20. The Morgan fingerprint density at radius 1 is 0.903 bits per heavy atom. The Bertz CT molecular complexity index is 1080. The van der Waals surface area contributed by atoms with Crippen LogP contribution in [0.25, 0.3) is 0 Å². The van der Waals surface area contributed by atoms with Crippen LogP contribution in [0.3, 0.4) is 0 Å². The van der Waals surface area contributed by atoms with Crippen LogP contribution >= 0.6 is 0 Å². The number of aryl methyl sites for hydroxylation is 1. The zero-order valence-corrected chi connectivity index (χ0v) is 17.9. The number of rotatable bonds is 7. The molecular formula is C25H26FN3O2. The van der Waals surface area contributed by atoms with E-state index in [0.29, 0.717) is 16.9 Å². The van der Waals surface area contributed by atoms with E-state index in [0.717, 1.165) is 18.5 Å². The molecule has 0 saturated carbocycles. The van der Waals surface area contributed by atoms with Crippen molar-refractivity contribution in [1.29, 1.82) is 0 Å². The lowest BCUT2D eigenvalue weighted by atomic mass is 10.1. The number of nitrogens with one attached hydrogen (secondary N) is 2. The van der Waals surface area contributed by atoms with Gasteiger partial charge in [-0.05, 0) is 75.0 Å². The second-order valence-electron chi connectivity index (χ2n) is 7.67. The maximum Gasteiger partial charge on any atom is 0.258 e. The summed E-state index contributed by atoms with van der Waals surface area (Å²) in [5.41, 5.74) is 3.46. The summed E-state index contributed by atoms with van der Waals surface area (Å²) in [6.07, 6.45) is 0.935. The van der Waals surface area contributed by atoms with E-state index in [1.165, 1.54) is 23.8 Å². The highest BCUT2D eigenvalue weighted by molar-refractivity contribution is 6.07. The molecule has 0 aliphatic heterocycles. The first-order valence-corrected chi connectivity index (χ1v) is 10.0. The van der Waals surface area contributed by atoms with E-state index >= 15 is 0 Å². The van der Waals surface area contributed by atoms with Crippen molar-refractivity contribution < 1.29 is 14.0 Å². The maximum absolute atomic E-state index is 13.9. The van der Waals surface area contributed by atoms with Crippen molar-refractivity contribution in [1.82, 2.24) is 4.90 Å². The van der Waals surface area contributed by atoms with Gasteiger partial charge < -0.3 is 15.5 Å². The smallest absolute Gasteiger partial charge is 0.258 e. The van der Waals surface area contributed by atoms with Crippen LogP contribution in [0.4, 0.5) is 15.8 Å². The number of hydrogen-bond donors (Lipinski definition) is 2. The summed E-state index contributed by atoms with van der Waals surface area (Å²) in [7, 11) is 4.06. The molecule has 0 atom stereocenters. The van der Waals surface area contributed by atoms with Gasteiger partial charge >= 0.3 is 0 Å². The Morgan fingerprint density at radius 3 is 2.29 bits per heavy atom. The fraction of sp³-hybridized carbons (Fsp3) is 0.200. The summed E-state index contributed by atoms with van der Waals surface area (Å²) >= 11 is 0. The van der Waals surface area contributed by atoms with Gasteiger partial charge in [-0.1, -0.05) is 30.3 Å². The second-order valence-corrected chi connectivity index (χ2v) is 7.67. The number of halogens is 1. The molecule has 0 aromatic heterocycles. The van der Waals surface area contributed by atoms with Crippen molar-refractivity contribution in [3.05, 3.63) is 94.8 Å². The number of hydrogen-bond acceptors (Lipinski definition) is 3. The zero-order chi connectivity index (χ0) is 22.4. The van der Waals surface area contributed by atoms with Gasteiger partial charge in [0.15, 0.2) is 0 Å². The molecule has 3 rings (SSSR count). The van der Waals surface area contributed by atoms with E-state index in [9.17, 15) is 14.0 Å². The minimum atomic E-state index is -0.597. The van der Waals surface area contributed by atoms with Crippen LogP contribution in [-0.2, 0) is 6.42 Å². The van der Waals surface area contributed by atoms with Crippen molar-refractivity contribution >= 4 is 23.2 Å². The fourth-order valence-corrected chi connectivity index (χ4v) is 3.04. The Labute approximate surface area is 181 Å². The fourth-order valence-electron chi connectivity index (χ4n) is 3.04. The molecule has 3 aromatic rings. The first kappa shape index (κ1) is 22.2. The molecule has 0 spiro atoms. The van der Waals surface area contributed by atoms with Gasteiger partial charge in [-0.25, -0.2) is 4.39 Å². The van der Waals surface area contributed by atoms with Gasteiger partial charge in [0.1, 0.15) is 5.82 Å². The molecule has 0 fully saturated rings. The van der Waals surface area contributed by atoms with Gasteiger partial charge in [0.05, 0.1) is 5.56 Å². The van der Waals surface area contributed by atoms with Crippen LogP contribution in [0.15, 0.2) is 66.7 Å². The van der Waals surface area contributed by atoms with Crippen molar-refractivity contribution in [2.45, 2.75) is 13.3 Å². The number of amides is 2. The Kier molecular flexibility index (Phi) is 7.15. The molecule has 31 heavy (non-hydrogen) atoms. The lowest BCUT2D eigenvalue weighted by Crippen LogP contribution is -2.16. The highest BCUT2D eigenvalue weighted by atomic mass is 19.1. The third-order valence-corrected chi connectivity index (χ3v) is 4.93. The van der Waals surface area contributed by atoms with Crippen molar-refractivity contribution in [2.24, 2.45) is 0 Å². The van der Waals surface area contributed by atoms with E-state index in [2.05, 4.69) is 15.5 Å². The molecule has 0 bridgehead atoms. The molecule has 0 saturated heterocycles. The minimum absolute atomic E-state index is 0.0499. The zero-order valence-electron chi connectivity index (χ0n) is 17.9. The second kappa shape index (κ2) is 10.00. The van der Waals surface area contributed by atoms with Gasteiger partial charge in [-0.2, -0.15) is 0 Å². The predicted octanol–water partition coefficient (Wildman–Crippen LogP) is 4.74. The molecular weight excluding hydrogens is 393 g/mol. The molecule has 5 nitrogen and oxygen atoms in total. The van der Waals surface area contributed by atoms with Gasteiger partial charge in [0.25, 0.3) is 11.8 Å². The monoisotopic (exact) mass is 419 g/mol. The number of benzene rings is 3. The van der Waals surface area contributed by atoms with Crippen LogP contribution in [-0.4, -0.2) is 37.4 Å². The summed E-state index contributed by atoms with van der Waals surface area (Å²) in [5, 5.41) is 5.56. The SMILES string of the molecule is Cc1ccc(C(=O)Nc2ccc(CCN(C)C)cc2)cc1NC(=O)c1ccccc1F. The van der Waals surface area contributed by atoms with E-state index in [-0.39, 0.29) is 11.5 Å². The Balaban J connectivity index is 1.70. The van der Waals surface area contributed by atoms with Gasteiger partial charge in [0, 0.05) is 23.5 Å². The molecule has 2 N–H and O–H groups in total. The molecule has 0 radical (unpaired) electrons. The van der Waals surface area contributed by atoms with Crippen LogP contribution in [0.5, 0.6) is 0 Å². The molecule has 2 amide bonds. The normalized spacial score (nSPS) is 10.7. The minimum Gasteiger partial charge on any atom is -0.322 e. The average Bonchev–Trinajstić information content (AvgIpc) is 2.75. The average molecular weight is 420 g/mol. The molecule has 0 aliphatic rings. The van der Waals surface area contributed by atoms with E-state index in [1.54, 1.807) is 24.3 Å². The highest BCUT2D eigenvalue weighted by Gasteiger charge is 2.14. The lowest BCUT2D eigenvalue weighted by molar-refractivity contribution is 0.101. The predicted molar refractivity (Wildman–Crippen MR) is 122 cm³/mol. The van der Waals surface area contributed by atoms with Crippen LogP contribution in [0, 0.1) is 12.7 Å². The van der Waals surface area contributed by atoms with E-state index < -0.39 is 11.7 Å². The van der Waals surface area contributed by atoms with Crippen LogP contribution in [0.2, 0.25) is 0 Å².